The highest BCUT2D eigenvalue weighted by molar-refractivity contribution is 5.90. The quantitative estimate of drug-likeness (QED) is 0.537. The van der Waals surface area contributed by atoms with Gasteiger partial charge in [-0.25, -0.2) is 4.98 Å². The Morgan fingerprint density at radius 2 is 2.14 bits per heavy atom. The Morgan fingerprint density at radius 1 is 1.21 bits per heavy atom. The van der Waals surface area contributed by atoms with Crippen LogP contribution in [0.3, 0.4) is 0 Å². The lowest BCUT2D eigenvalue weighted by Gasteiger charge is -2.30. The summed E-state index contributed by atoms with van der Waals surface area (Å²) in [6, 6.07) is 9.58. The molecule has 0 atom stereocenters. The van der Waals surface area contributed by atoms with Gasteiger partial charge in [0.1, 0.15) is 18.0 Å². The maximum atomic E-state index is 6.08. The number of benzene rings is 1. The van der Waals surface area contributed by atoms with Crippen molar-refractivity contribution >= 4 is 27.9 Å². The summed E-state index contributed by atoms with van der Waals surface area (Å²) in [4.78, 5) is 6.86. The maximum Gasteiger partial charge on any atom is 0.222 e. The van der Waals surface area contributed by atoms with E-state index in [1.165, 1.54) is 0 Å². The van der Waals surface area contributed by atoms with Crippen molar-refractivity contribution in [2.45, 2.75) is 0 Å². The van der Waals surface area contributed by atoms with E-state index in [2.05, 4.69) is 25.2 Å². The Balaban J connectivity index is 1.62. The van der Waals surface area contributed by atoms with Crippen LogP contribution in [-0.4, -0.2) is 58.2 Å². The minimum absolute atomic E-state index is 0.542. The highest BCUT2D eigenvalue weighted by Crippen LogP contribution is 2.35. The number of hydrogen-bond acceptors (Lipinski definition) is 8. The van der Waals surface area contributed by atoms with Gasteiger partial charge in [-0.1, -0.05) is 18.2 Å². The molecule has 3 aromatic heterocycles. The first-order chi connectivity index (χ1) is 13.8. The molecule has 0 radical (unpaired) electrons. The molecule has 9 heteroatoms. The number of anilines is 2. The average Bonchev–Trinajstić information content (AvgIpc) is 3.17. The van der Waals surface area contributed by atoms with Crippen molar-refractivity contribution in [2.24, 2.45) is 0 Å². The third-order valence-electron chi connectivity index (χ3n) is 4.87. The van der Waals surface area contributed by atoms with Gasteiger partial charge in [-0.05, 0) is 12.1 Å². The van der Waals surface area contributed by atoms with E-state index in [9.17, 15) is 0 Å². The van der Waals surface area contributed by atoms with Gasteiger partial charge in [0.25, 0.3) is 0 Å². The summed E-state index contributed by atoms with van der Waals surface area (Å²) in [5.41, 5.74) is 9.55. The van der Waals surface area contributed by atoms with E-state index in [0.29, 0.717) is 41.8 Å². The number of aromatic nitrogens is 5. The molecule has 0 bridgehead atoms. The zero-order chi connectivity index (χ0) is 19.1. The maximum absolute atomic E-state index is 6.08. The predicted molar refractivity (Wildman–Crippen MR) is 106 cm³/mol. The molecule has 0 saturated heterocycles. The van der Waals surface area contributed by atoms with Crippen LogP contribution in [0.15, 0.2) is 36.5 Å². The van der Waals surface area contributed by atoms with Crippen LogP contribution in [-0.2, 0) is 4.74 Å². The summed E-state index contributed by atoms with van der Waals surface area (Å²) in [7, 11) is 1.69. The second-order valence-electron chi connectivity index (χ2n) is 6.56. The van der Waals surface area contributed by atoms with Gasteiger partial charge in [0.05, 0.1) is 30.6 Å². The molecule has 0 spiro atoms. The van der Waals surface area contributed by atoms with Gasteiger partial charge >= 0.3 is 0 Å². The number of ether oxygens (including phenoxy) is 2. The molecule has 0 saturated carbocycles. The van der Waals surface area contributed by atoms with Crippen molar-refractivity contribution < 1.29 is 9.47 Å². The van der Waals surface area contributed by atoms with Crippen molar-refractivity contribution in [3.05, 3.63) is 36.5 Å². The van der Waals surface area contributed by atoms with Crippen LogP contribution >= 0.6 is 0 Å². The van der Waals surface area contributed by atoms with Crippen LogP contribution in [0.4, 0.5) is 11.4 Å². The Kier molecular flexibility index (Phi) is 3.94. The fourth-order valence-electron chi connectivity index (χ4n) is 3.45. The monoisotopic (exact) mass is 377 g/mol. The van der Waals surface area contributed by atoms with E-state index in [1.54, 1.807) is 17.8 Å². The minimum Gasteiger partial charge on any atom is -0.486 e. The van der Waals surface area contributed by atoms with Crippen LogP contribution in [0.25, 0.3) is 28.1 Å². The van der Waals surface area contributed by atoms with Gasteiger partial charge in [0.15, 0.2) is 5.75 Å². The second-order valence-corrected chi connectivity index (χ2v) is 6.56. The molecular weight excluding hydrogens is 358 g/mol. The first kappa shape index (κ1) is 16.7. The Bertz CT molecular complexity index is 1170. The standard InChI is InChI=1S/C19H19N7O2/c1-27-9-7-25-8-10-28-17-15(25)11-21-26-18(23-24-19(17)26)14-6-5-12-3-2-4-13(20)16(12)22-14/h2-6,11H,7-10,20H2,1H3. The zero-order valence-electron chi connectivity index (χ0n) is 15.4. The van der Waals surface area contributed by atoms with E-state index in [-0.39, 0.29) is 0 Å². The van der Waals surface area contributed by atoms with Gasteiger partial charge in [0.2, 0.25) is 11.5 Å². The number of methoxy groups -OCH3 is 1. The highest BCUT2D eigenvalue weighted by atomic mass is 16.5. The van der Waals surface area contributed by atoms with E-state index in [1.807, 2.05) is 30.3 Å². The SMILES string of the molecule is COCCN1CCOc2c1cnn1c(-c3ccc4cccc(N)c4n3)nnc21. The highest BCUT2D eigenvalue weighted by Gasteiger charge is 2.24. The fraction of sp³-hybridized carbons (Fsp3) is 0.263. The third kappa shape index (κ3) is 2.59. The third-order valence-corrected chi connectivity index (χ3v) is 4.87. The van der Waals surface area contributed by atoms with E-state index in [4.69, 9.17) is 15.2 Å². The largest absolute Gasteiger partial charge is 0.486 e. The minimum atomic E-state index is 0.542. The van der Waals surface area contributed by atoms with Crippen LogP contribution in [0.2, 0.25) is 0 Å². The number of para-hydroxylation sites is 1. The van der Waals surface area contributed by atoms with Crippen molar-refractivity contribution in [3.63, 3.8) is 0 Å². The van der Waals surface area contributed by atoms with E-state index in [0.717, 1.165) is 29.7 Å². The fourth-order valence-corrected chi connectivity index (χ4v) is 3.45. The molecular formula is C19H19N7O2. The van der Waals surface area contributed by atoms with Crippen molar-refractivity contribution in [3.8, 4) is 17.3 Å². The van der Waals surface area contributed by atoms with Gasteiger partial charge in [0, 0.05) is 19.0 Å². The molecule has 9 nitrogen and oxygen atoms in total. The summed E-state index contributed by atoms with van der Waals surface area (Å²) >= 11 is 0. The van der Waals surface area contributed by atoms with Crippen molar-refractivity contribution in [2.75, 3.05) is 44.0 Å². The second kappa shape index (κ2) is 6.61. The summed E-state index contributed by atoms with van der Waals surface area (Å²) < 4.78 is 12.8. The Labute approximate surface area is 160 Å². The lowest BCUT2D eigenvalue weighted by molar-refractivity contribution is 0.201. The lowest BCUT2D eigenvalue weighted by atomic mass is 10.1. The molecule has 142 valence electrons. The zero-order valence-corrected chi connectivity index (χ0v) is 15.4. The van der Waals surface area contributed by atoms with E-state index >= 15 is 0 Å². The van der Waals surface area contributed by atoms with Crippen molar-refractivity contribution in [1.82, 2.24) is 24.8 Å². The summed E-state index contributed by atoms with van der Waals surface area (Å²) in [6.07, 6.45) is 1.78. The van der Waals surface area contributed by atoms with Crippen LogP contribution in [0.1, 0.15) is 0 Å². The summed E-state index contributed by atoms with van der Waals surface area (Å²) in [6.45, 7) is 2.74. The molecule has 0 fully saturated rings. The smallest absolute Gasteiger partial charge is 0.222 e. The first-order valence-electron chi connectivity index (χ1n) is 9.03. The van der Waals surface area contributed by atoms with Gasteiger partial charge in [-0.3, -0.25) is 0 Å². The number of nitrogen functional groups attached to an aromatic ring is 1. The molecule has 0 unspecified atom stereocenters. The number of pyridine rings is 1. The Hall–Kier alpha value is -3.46. The first-order valence-corrected chi connectivity index (χ1v) is 9.03. The molecule has 28 heavy (non-hydrogen) atoms. The van der Waals surface area contributed by atoms with Gasteiger partial charge in [-0.2, -0.15) is 9.61 Å². The molecule has 4 aromatic rings. The average molecular weight is 377 g/mol. The predicted octanol–water partition coefficient (Wildman–Crippen LogP) is 1.77. The molecule has 0 amide bonds. The number of rotatable bonds is 4. The molecule has 2 N–H and O–H groups in total. The van der Waals surface area contributed by atoms with Gasteiger partial charge < -0.3 is 20.1 Å². The normalized spacial score (nSPS) is 13.7. The van der Waals surface area contributed by atoms with Gasteiger partial charge in [-0.15, -0.1) is 10.2 Å². The summed E-state index contributed by atoms with van der Waals surface area (Å²) in [5, 5.41) is 14.2. The molecule has 5 rings (SSSR count). The molecule has 1 aromatic carbocycles. The van der Waals surface area contributed by atoms with Crippen LogP contribution < -0.4 is 15.4 Å². The molecule has 1 aliphatic heterocycles. The van der Waals surface area contributed by atoms with E-state index < -0.39 is 0 Å². The number of hydrogen-bond donors (Lipinski definition) is 1. The molecule has 0 aliphatic carbocycles. The van der Waals surface area contributed by atoms with Crippen LogP contribution in [0.5, 0.6) is 5.75 Å². The lowest BCUT2D eigenvalue weighted by Crippen LogP contribution is -2.35. The summed E-state index contributed by atoms with van der Waals surface area (Å²) in [5.74, 6) is 1.22. The van der Waals surface area contributed by atoms with Crippen LogP contribution in [0, 0.1) is 0 Å². The number of fused-ring (bicyclic) bond motifs is 4. The number of nitrogens with zero attached hydrogens (tertiary/aromatic N) is 6. The molecule has 4 heterocycles. The topological polar surface area (TPSA) is 104 Å². The Morgan fingerprint density at radius 3 is 3.04 bits per heavy atom. The number of nitrogens with two attached hydrogens (primary N) is 1. The van der Waals surface area contributed by atoms with Crippen molar-refractivity contribution in [1.29, 1.82) is 0 Å². The molecule has 1 aliphatic rings.